The molecule has 1 aromatic rings. The average Bonchev–Trinajstić information content (AvgIpc) is 2.83. The molecule has 37 heavy (non-hydrogen) atoms. The topological polar surface area (TPSA) is 138 Å². The summed E-state index contributed by atoms with van der Waals surface area (Å²) in [6.07, 6.45) is 18.1. The Kier molecular flexibility index (Phi) is 22.0. The summed E-state index contributed by atoms with van der Waals surface area (Å²) in [5.41, 5.74) is 1.41. The van der Waals surface area contributed by atoms with Gasteiger partial charge in [0.15, 0.2) is 5.25 Å². The van der Waals surface area contributed by atoms with E-state index in [9.17, 15) is 18.0 Å². The average molecular weight is 569 g/mol. The molecule has 2 atom stereocenters. The Balaban J connectivity index is 0.000000908. The molecule has 1 aromatic carbocycles. The normalized spacial score (nSPS) is 12.8. The van der Waals surface area contributed by atoms with Crippen molar-refractivity contribution in [3.05, 3.63) is 29.8 Å². The number of hydrogen-bond acceptors (Lipinski definition) is 5. The molecule has 2 unspecified atom stereocenters. The van der Waals surface area contributed by atoms with E-state index in [1.54, 1.807) is 0 Å². The van der Waals surface area contributed by atoms with Gasteiger partial charge in [-0.15, -0.1) is 0 Å². The number of benzene rings is 1. The first-order chi connectivity index (χ1) is 17.5. The van der Waals surface area contributed by atoms with Crippen molar-refractivity contribution >= 4 is 71.0 Å². The maximum absolute atomic E-state index is 10.2. The summed E-state index contributed by atoms with van der Waals surface area (Å²) < 4.78 is 35.3. The number of ether oxygens (including phenoxy) is 1. The van der Waals surface area contributed by atoms with Crippen LogP contribution in [0.4, 0.5) is 0 Å². The molecule has 0 fully saturated rings. The van der Waals surface area contributed by atoms with E-state index in [4.69, 9.17) is 19.5 Å². The van der Waals surface area contributed by atoms with Crippen LogP contribution in [-0.4, -0.2) is 89.5 Å². The monoisotopic (exact) mass is 568 g/mol. The van der Waals surface area contributed by atoms with Crippen LogP contribution in [0.1, 0.15) is 109 Å². The van der Waals surface area contributed by atoms with Crippen LogP contribution >= 0.6 is 0 Å². The fourth-order valence-electron chi connectivity index (χ4n) is 3.76. The van der Waals surface area contributed by atoms with E-state index in [0.717, 1.165) is 61.1 Å². The molecule has 208 valence electrons. The molecule has 0 saturated carbocycles. The third kappa shape index (κ3) is 20.1. The first kappa shape index (κ1) is 36.5. The number of aliphatic carboxylic acids is 2. The second-order valence-corrected chi connectivity index (χ2v) is 13.1. The molecular weight excluding hydrogens is 523 g/mol. The smallest absolute Gasteiger partial charge is 0.325 e. The van der Waals surface area contributed by atoms with Crippen LogP contribution in [0.3, 0.4) is 0 Å². The maximum atomic E-state index is 10.2. The van der Waals surface area contributed by atoms with Crippen molar-refractivity contribution in [2.24, 2.45) is 0 Å². The summed E-state index contributed by atoms with van der Waals surface area (Å²) in [6, 6.07) is 8.67. The third-order valence-electron chi connectivity index (χ3n) is 6.17. The van der Waals surface area contributed by atoms with Crippen molar-refractivity contribution in [1.29, 1.82) is 0 Å². The summed E-state index contributed by atoms with van der Waals surface area (Å²) in [6.45, 7) is 4.52. The van der Waals surface area contributed by atoms with Gasteiger partial charge < -0.3 is 10.2 Å². The summed E-state index contributed by atoms with van der Waals surface area (Å²) in [5, 5.41) is 13.9. The van der Waals surface area contributed by atoms with E-state index in [1.165, 1.54) is 89.0 Å². The van der Waals surface area contributed by atoms with Gasteiger partial charge in [0.25, 0.3) is 10.1 Å². The molecule has 1 rings (SSSR count). The van der Waals surface area contributed by atoms with Crippen LogP contribution in [0.5, 0.6) is 5.75 Å². The van der Waals surface area contributed by atoms with Gasteiger partial charge in [0.1, 0.15) is 0 Å². The minimum Gasteiger partial charge on any atom is -0.481 e. The minimum absolute atomic E-state index is 0.496. The SMILES string of the molecule is CCCCCCCCCCCCCCc1ccccc1O[CH]([K])CC.O=C(O)CC(C(=O)O)S(=O)(=O)O. The summed E-state index contributed by atoms with van der Waals surface area (Å²) in [7, 11) is -4.84. The zero-order valence-corrected chi connectivity index (χ0v) is 26.8. The van der Waals surface area contributed by atoms with E-state index >= 15 is 0 Å². The zero-order valence-electron chi connectivity index (χ0n) is 22.9. The number of rotatable bonds is 20. The van der Waals surface area contributed by atoms with Gasteiger partial charge >= 0.3 is 166 Å². The van der Waals surface area contributed by atoms with Gasteiger partial charge in [-0.05, 0) is 0 Å². The fraction of sp³-hybridized carbons (Fsp3) is 0.704. The molecule has 0 saturated heterocycles. The molecule has 0 radical (unpaired) electrons. The molecule has 0 aromatic heterocycles. The van der Waals surface area contributed by atoms with E-state index in [0.29, 0.717) is 0.199 Å². The number of hydrogen-bond donors (Lipinski definition) is 3. The number of carbonyl (C=O) groups is 2. The molecule has 8 nitrogen and oxygen atoms in total. The standard InChI is InChI=1S/C23H39O.C4H6O7S.K/c1-3-5-6-7-8-9-10-11-12-13-14-15-18-22-19-16-17-20-23(22)24-21-4-2;5-3(6)1-2(4(7)8)12(9,10)11;/h16-17,19-21H,3-15,18H2,1-2H3;2H,1H2,(H,5,6)(H,7,8)(H,9,10,11);. The van der Waals surface area contributed by atoms with Gasteiger partial charge in [0.05, 0.1) is 6.42 Å². The molecule has 0 bridgehead atoms. The molecule has 0 aliphatic rings. The Labute approximate surface area is 257 Å². The van der Waals surface area contributed by atoms with Gasteiger partial charge in [-0.2, -0.15) is 8.42 Å². The minimum atomic E-state index is -4.84. The van der Waals surface area contributed by atoms with Gasteiger partial charge in [0.2, 0.25) is 0 Å². The molecule has 10 heteroatoms. The first-order valence-electron chi connectivity index (χ1n) is 13.7. The number of carboxylic acids is 2. The van der Waals surface area contributed by atoms with Gasteiger partial charge in [-0.1, -0.05) is 39.0 Å². The third-order valence-corrected chi connectivity index (χ3v) is 8.90. The van der Waals surface area contributed by atoms with Crippen LogP contribution in [0, 0.1) is 0 Å². The molecule has 0 spiro atoms. The van der Waals surface area contributed by atoms with Crippen LogP contribution in [0.15, 0.2) is 24.3 Å². The Morgan fingerprint density at radius 3 is 1.76 bits per heavy atom. The Hall–Kier alpha value is -0.494. The number of aryl methyl sites for hydroxylation is 1. The Bertz CT molecular complexity index is 860. The summed E-state index contributed by atoms with van der Waals surface area (Å²) >= 11 is 0.741. The van der Waals surface area contributed by atoms with Crippen molar-refractivity contribution < 1.29 is 37.5 Å². The Morgan fingerprint density at radius 2 is 1.35 bits per heavy atom. The van der Waals surface area contributed by atoms with Crippen molar-refractivity contribution in [3.8, 4) is 5.75 Å². The molecule has 0 heterocycles. The summed E-state index contributed by atoms with van der Waals surface area (Å²) in [5.74, 6) is -2.36. The van der Waals surface area contributed by atoms with Gasteiger partial charge in [-0.25, -0.2) is 0 Å². The molecule has 0 aliphatic heterocycles. The molecular formula is C27H45KO8S. The van der Waals surface area contributed by atoms with E-state index in [2.05, 4.69) is 38.1 Å². The molecule has 3 N–H and O–H groups in total. The van der Waals surface area contributed by atoms with Crippen LogP contribution < -0.4 is 4.74 Å². The van der Waals surface area contributed by atoms with E-state index in [1.807, 2.05) is 0 Å². The van der Waals surface area contributed by atoms with Crippen molar-refractivity contribution in [2.45, 2.75) is 116 Å². The van der Waals surface area contributed by atoms with Gasteiger partial charge in [-0.3, -0.25) is 14.1 Å². The largest absolute Gasteiger partial charge is 0.481 e. The Morgan fingerprint density at radius 1 is 0.865 bits per heavy atom. The van der Waals surface area contributed by atoms with Crippen LogP contribution in [-0.2, 0) is 26.1 Å². The predicted molar refractivity (Wildman–Crippen MR) is 147 cm³/mol. The second kappa shape index (κ2) is 22.3. The quantitative estimate of drug-likeness (QED) is 0.0987. The summed E-state index contributed by atoms with van der Waals surface area (Å²) in [4.78, 5) is 20.0. The van der Waals surface area contributed by atoms with Crippen LogP contribution in [0.2, 0.25) is 0 Å². The fourth-order valence-corrected chi connectivity index (χ4v) is 4.77. The van der Waals surface area contributed by atoms with Gasteiger partial charge in [0, 0.05) is 0 Å². The molecule has 0 amide bonds. The predicted octanol–water partition coefficient (Wildman–Crippen LogP) is 6.02. The van der Waals surface area contributed by atoms with E-state index in [-0.39, 0.29) is 0 Å². The number of carboxylic acid groups (broad SMARTS) is 2. The maximum Gasteiger partial charge on any atom is 0.325 e. The number of unbranched alkanes of at least 4 members (excludes halogenated alkanes) is 11. The number of para-hydroxylation sites is 1. The van der Waals surface area contributed by atoms with Crippen LogP contribution in [0.25, 0.3) is 0 Å². The van der Waals surface area contributed by atoms with Crippen molar-refractivity contribution in [1.82, 2.24) is 0 Å². The second-order valence-electron chi connectivity index (χ2n) is 9.52. The van der Waals surface area contributed by atoms with E-state index < -0.39 is 33.7 Å². The zero-order chi connectivity index (χ0) is 28.1. The van der Waals surface area contributed by atoms with Crippen molar-refractivity contribution in [2.75, 3.05) is 0 Å². The molecule has 0 aliphatic carbocycles. The first-order valence-corrected chi connectivity index (χ1v) is 17.0. The van der Waals surface area contributed by atoms with Crippen molar-refractivity contribution in [3.63, 3.8) is 0 Å².